The number of hydrogen-bond donors (Lipinski definition) is 6. The number of nitrogens with one attached hydrogen (secondary N) is 1. The minimum absolute atomic E-state index is 0.0479. The van der Waals surface area contributed by atoms with Gasteiger partial charge in [0.1, 0.15) is 22.8 Å². The van der Waals surface area contributed by atoms with Gasteiger partial charge in [0.15, 0.2) is 11.4 Å². The molecule has 1 aromatic rings. The normalized spacial score (nSPS) is 33.7. The molecule has 0 spiro atoms. The molecule has 7 N–H and O–H groups in total. The number of aromatic hydroxyl groups is 1. The van der Waals surface area contributed by atoms with E-state index in [1.807, 2.05) is 25.1 Å². The number of aliphatic hydroxyl groups excluding tert-OH is 2. The van der Waals surface area contributed by atoms with Crippen LogP contribution in [0.2, 0.25) is 0 Å². The average Bonchev–Trinajstić information content (AvgIpc) is 3.53. The molecule has 0 aromatic heterocycles. The Kier molecular flexibility index (Phi) is 6.71. The van der Waals surface area contributed by atoms with E-state index in [-0.39, 0.29) is 29.7 Å². The van der Waals surface area contributed by atoms with Crippen LogP contribution in [0, 0.1) is 23.7 Å². The molecule has 5 aliphatic rings. The summed E-state index contributed by atoms with van der Waals surface area (Å²) in [5, 5.41) is 49.4. The van der Waals surface area contributed by atoms with Crippen LogP contribution in [0.4, 0.5) is 5.69 Å². The van der Waals surface area contributed by atoms with E-state index in [2.05, 4.69) is 5.32 Å². The third kappa shape index (κ3) is 3.93. The smallest absolute Gasteiger partial charge is 0.255 e. The van der Waals surface area contributed by atoms with Crippen LogP contribution in [0.1, 0.15) is 53.6 Å². The van der Waals surface area contributed by atoms with E-state index in [0.29, 0.717) is 29.6 Å². The van der Waals surface area contributed by atoms with Gasteiger partial charge in [0.2, 0.25) is 5.78 Å². The molecule has 0 aliphatic heterocycles. The molecule has 0 heterocycles. The number of hydrogen-bond acceptors (Lipinski definition) is 10. The molecule has 2 saturated carbocycles. The van der Waals surface area contributed by atoms with Crippen molar-refractivity contribution in [3.8, 4) is 5.75 Å². The predicted octanol–water partition coefficient (Wildman–Crippen LogP) is 1.46. The second-order valence-corrected chi connectivity index (χ2v) is 13.3. The molecule has 1 amide bonds. The van der Waals surface area contributed by atoms with Gasteiger partial charge in [-0.15, -0.1) is 0 Å². The van der Waals surface area contributed by atoms with E-state index in [4.69, 9.17) is 5.73 Å². The van der Waals surface area contributed by atoms with Crippen molar-refractivity contribution >= 4 is 23.2 Å². The lowest BCUT2D eigenvalue weighted by atomic mass is 9.58. The van der Waals surface area contributed by atoms with E-state index < -0.39 is 58.0 Å². The van der Waals surface area contributed by atoms with Crippen LogP contribution in [0.15, 0.2) is 28.7 Å². The second-order valence-electron chi connectivity index (χ2n) is 13.3. The Morgan fingerprint density at radius 3 is 2.38 bits per heavy atom. The van der Waals surface area contributed by atoms with Crippen molar-refractivity contribution < 1.29 is 34.8 Å². The average molecular weight is 581 g/mol. The van der Waals surface area contributed by atoms with Gasteiger partial charge in [-0.2, -0.15) is 0 Å². The summed E-state index contributed by atoms with van der Waals surface area (Å²) in [5.41, 5.74) is 3.82. The molecule has 2 fully saturated rings. The van der Waals surface area contributed by atoms with Crippen molar-refractivity contribution in [3.05, 3.63) is 45.4 Å². The summed E-state index contributed by atoms with van der Waals surface area (Å²) in [6.07, 6.45) is 5.13. The van der Waals surface area contributed by atoms with Crippen molar-refractivity contribution in [1.29, 1.82) is 0 Å². The maximum atomic E-state index is 14.2. The van der Waals surface area contributed by atoms with E-state index in [9.17, 15) is 34.8 Å². The van der Waals surface area contributed by atoms with Crippen LogP contribution in [-0.4, -0.2) is 88.7 Å². The third-order valence-corrected chi connectivity index (χ3v) is 10.6. The molecular weight excluding hydrogens is 540 g/mol. The fourth-order valence-electron chi connectivity index (χ4n) is 8.62. The lowest BCUT2D eigenvalue weighted by Crippen LogP contribution is -2.63. The number of nitrogens with zero attached hydrogens (tertiary/aromatic N) is 2. The van der Waals surface area contributed by atoms with Crippen LogP contribution >= 0.6 is 0 Å². The number of amides is 1. The Labute approximate surface area is 244 Å². The van der Waals surface area contributed by atoms with Crippen molar-refractivity contribution in [2.45, 2.75) is 62.8 Å². The first-order valence-corrected chi connectivity index (χ1v) is 14.7. The number of nitrogens with two attached hydrogens (primary N) is 1. The monoisotopic (exact) mass is 580 g/mol. The molecule has 6 rings (SSSR count). The standard InChI is InChI=1S/C31H40N4O7/c1-34(2)20-11-16(12-33-19-8-13-5-6-14(19)7-13)25(36)22-17(20)9-15-10-18-24(35(3)4)27(38)23(30(32)41)29(40)31(18,42)28(39)21(15)26(22)37/h11,13-15,18-19,24,33,36,38-39,42H,5-10,12H2,1-4H3,(H2,32,41)/t13-,14+,15-,18-,19?,24-,31-/m0/s1. The zero-order chi connectivity index (χ0) is 30.4. The van der Waals surface area contributed by atoms with Crippen LogP contribution in [0.25, 0.3) is 0 Å². The van der Waals surface area contributed by atoms with E-state index in [0.717, 1.165) is 18.0 Å². The fraction of sp³-hybridized carbons (Fsp3) is 0.581. The number of benzene rings is 1. The highest BCUT2D eigenvalue weighted by Crippen LogP contribution is 2.53. The Morgan fingerprint density at radius 1 is 1.10 bits per heavy atom. The summed E-state index contributed by atoms with van der Waals surface area (Å²) in [6.45, 7) is 0.372. The van der Waals surface area contributed by atoms with E-state index >= 15 is 0 Å². The Morgan fingerprint density at radius 2 is 1.81 bits per heavy atom. The zero-order valence-corrected chi connectivity index (χ0v) is 24.5. The minimum Gasteiger partial charge on any atom is -0.510 e. The summed E-state index contributed by atoms with van der Waals surface area (Å²) in [7, 11) is 6.95. The van der Waals surface area contributed by atoms with Crippen LogP contribution in [-0.2, 0) is 22.6 Å². The first-order valence-electron chi connectivity index (χ1n) is 14.7. The molecule has 7 atom stereocenters. The molecule has 226 valence electrons. The number of primary amides is 1. The lowest BCUT2D eigenvalue weighted by molar-refractivity contribution is -0.148. The summed E-state index contributed by atoms with van der Waals surface area (Å²) < 4.78 is 0. The summed E-state index contributed by atoms with van der Waals surface area (Å²) in [6, 6.07) is 1.25. The number of phenolic OH excluding ortho intramolecular Hbond substituents is 1. The number of ketones is 2. The molecule has 11 heteroatoms. The molecule has 2 bridgehead atoms. The largest absolute Gasteiger partial charge is 0.510 e. The zero-order valence-electron chi connectivity index (χ0n) is 24.5. The number of aliphatic hydroxyl groups is 3. The van der Waals surface area contributed by atoms with Crippen LogP contribution in [0.5, 0.6) is 5.75 Å². The Hall–Kier alpha value is -3.41. The number of carbonyl (C=O) groups excluding carboxylic acids is 3. The molecule has 1 unspecified atom stereocenters. The van der Waals surface area contributed by atoms with Gasteiger partial charge >= 0.3 is 0 Å². The number of phenols is 1. The molecule has 0 saturated heterocycles. The van der Waals surface area contributed by atoms with Gasteiger partial charge in [-0.25, -0.2) is 0 Å². The number of Topliss-reactive ketones (excluding diaryl/α,β-unsaturated/α-hetero) is 2. The molecule has 42 heavy (non-hydrogen) atoms. The molecule has 5 aliphatic carbocycles. The Bertz CT molecular complexity index is 1460. The van der Waals surface area contributed by atoms with Gasteiger partial charge in [0.25, 0.3) is 5.91 Å². The quantitative estimate of drug-likeness (QED) is 0.270. The van der Waals surface area contributed by atoms with Gasteiger partial charge < -0.3 is 36.4 Å². The lowest BCUT2D eigenvalue weighted by Gasteiger charge is -2.50. The third-order valence-electron chi connectivity index (χ3n) is 10.6. The predicted molar refractivity (Wildman–Crippen MR) is 154 cm³/mol. The van der Waals surface area contributed by atoms with Gasteiger partial charge in [-0.1, -0.05) is 6.42 Å². The van der Waals surface area contributed by atoms with E-state index in [1.165, 1.54) is 19.3 Å². The molecular formula is C31H40N4O7. The van der Waals surface area contributed by atoms with E-state index in [1.54, 1.807) is 19.0 Å². The fourth-order valence-corrected chi connectivity index (χ4v) is 8.62. The topological polar surface area (TPSA) is 177 Å². The maximum absolute atomic E-state index is 14.2. The number of carbonyl (C=O) groups is 3. The summed E-state index contributed by atoms with van der Waals surface area (Å²) in [5.74, 6) is -5.03. The number of likely N-dealkylation sites (N-methyl/N-ethyl adjacent to an activating group) is 1. The first-order chi connectivity index (χ1) is 19.8. The first kappa shape index (κ1) is 28.7. The highest BCUT2D eigenvalue weighted by molar-refractivity contribution is 6.25. The van der Waals surface area contributed by atoms with Gasteiger partial charge in [-0.05, 0) is 75.6 Å². The van der Waals surface area contributed by atoms with Gasteiger partial charge in [-0.3, -0.25) is 19.3 Å². The van der Waals surface area contributed by atoms with Crippen molar-refractivity contribution in [2.24, 2.45) is 29.4 Å². The number of allylic oxidation sites excluding steroid dienone is 1. The van der Waals surface area contributed by atoms with Gasteiger partial charge in [0, 0.05) is 49.4 Å². The minimum atomic E-state index is -2.65. The maximum Gasteiger partial charge on any atom is 0.255 e. The van der Waals surface area contributed by atoms with Crippen molar-refractivity contribution in [2.75, 3.05) is 33.1 Å². The summed E-state index contributed by atoms with van der Waals surface area (Å²) in [4.78, 5) is 43.3. The molecule has 11 nitrogen and oxygen atoms in total. The highest BCUT2D eigenvalue weighted by Gasteiger charge is 2.63. The molecule has 1 aromatic carbocycles. The second kappa shape index (κ2) is 9.82. The highest BCUT2D eigenvalue weighted by atomic mass is 16.3. The van der Waals surface area contributed by atoms with Crippen molar-refractivity contribution in [1.82, 2.24) is 10.2 Å². The van der Waals surface area contributed by atoms with Crippen LogP contribution < -0.4 is 16.0 Å². The number of fused-ring (bicyclic) bond motifs is 5. The summed E-state index contributed by atoms with van der Waals surface area (Å²) >= 11 is 0. The molecule has 0 radical (unpaired) electrons. The number of anilines is 1. The van der Waals surface area contributed by atoms with Crippen molar-refractivity contribution in [3.63, 3.8) is 0 Å². The SMILES string of the molecule is CN(C)c1cc(CNC2C[C@H]3CC[C@@H]2C3)c(O)c2c1C[C@H]1C[C@H]3[C@H](N(C)C)C(O)=C(C(N)=O)C(=O)[C@@]3(O)C(O)=C1C2=O. The van der Waals surface area contributed by atoms with Gasteiger partial charge in [0.05, 0.1) is 11.6 Å². The van der Waals surface area contributed by atoms with Crippen LogP contribution in [0.3, 0.4) is 0 Å². The Balaban J connectivity index is 1.44. The number of rotatable bonds is 6.